The molecule has 1 aromatic heterocycles. The first-order valence-corrected chi connectivity index (χ1v) is 7.16. The van der Waals surface area contributed by atoms with E-state index in [0.717, 1.165) is 29.7 Å². The first-order chi connectivity index (χ1) is 9.19. The molecule has 0 radical (unpaired) electrons. The fraction of sp³-hybridized carbons (Fsp3) is 0.333. The van der Waals surface area contributed by atoms with Crippen LogP contribution in [0, 0.1) is 0 Å². The average molecular weight is 275 g/mol. The van der Waals surface area contributed by atoms with Crippen molar-refractivity contribution in [3.63, 3.8) is 0 Å². The molecule has 0 aliphatic rings. The Kier molecular flexibility index (Phi) is 4.32. The maximum absolute atomic E-state index is 10.7. The van der Waals surface area contributed by atoms with E-state index >= 15 is 0 Å². The molecular weight excluding hydrogens is 258 g/mol. The van der Waals surface area contributed by atoms with Crippen molar-refractivity contribution in [3.05, 3.63) is 34.2 Å². The molecule has 4 heteroatoms. The number of thiazole rings is 1. The summed E-state index contributed by atoms with van der Waals surface area (Å²) in [5.74, 6) is 1.34. The first-order valence-electron chi connectivity index (χ1n) is 6.28. The molecule has 3 nitrogen and oxygen atoms in total. The van der Waals surface area contributed by atoms with E-state index in [4.69, 9.17) is 4.74 Å². The molecule has 19 heavy (non-hydrogen) atoms. The smallest absolute Gasteiger partial charge is 0.178 e. The van der Waals surface area contributed by atoms with Crippen molar-refractivity contribution >= 4 is 17.6 Å². The Balaban J connectivity index is 2.44. The van der Waals surface area contributed by atoms with Crippen molar-refractivity contribution in [3.8, 4) is 17.0 Å². The van der Waals surface area contributed by atoms with Crippen LogP contribution < -0.4 is 4.74 Å². The number of aromatic nitrogens is 1. The Bertz CT molecular complexity index is 577. The number of nitrogens with zero attached hydrogens (tertiary/aromatic N) is 1. The predicted octanol–water partition coefficient (Wildman–Crippen LogP) is 4.14. The SMILES string of the molecule is CCC(C)c1cc(-c2csc(C=O)n2)ccc1OC. The average Bonchev–Trinajstić information content (AvgIpc) is 2.94. The molecule has 0 bridgehead atoms. The van der Waals surface area contributed by atoms with Gasteiger partial charge in [0.25, 0.3) is 0 Å². The molecule has 0 saturated carbocycles. The summed E-state index contributed by atoms with van der Waals surface area (Å²) >= 11 is 1.36. The molecule has 1 atom stereocenters. The van der Waals surface area contributed by atoms with Crippen LogP contribution in [0.4, 0.5) is 0 Å². The van der Waals surface area contributed by atoms with Gasteiger partial charge < -0.3 is 4.74 Å². The second-order valence-corrected chi connectivity index (χ2v) is 5.34. The van der Waals surface area contributed by atoms with E-state index in [-0.39, 0.29) is 0 Å². The zero-order valence-electron chi connectivity index (χ0n) is 11.3. The second-order valence-electron chi connectivity index (χ2n) is 4.45. The first kappa shape index (κ1) is 13.7. The molecule has 0 amide bonds. The third kappa shape index (κ3) is 2.84. The Labute approximate surface area is 117 Å². The van der Waals surface area contributed by atoms with Crippen LogP contribution in [0.25, 0.3) is 11.3 Å². The lowest BCUT2D eigenvalue weighted by molar-refractivity contribution is 0.112. The van der Waals surface area contributed by atoms with E-state index in [1.54, 1.807) is 7.11 Å². The van der Waals surface area contributed by atoms with Gasteiger partial charge in [-0.25, -0.2) is 4.98 Å². The van der Waals surface area contributed by atoms with Crippen molar-refractivity contribution in [2.45, 2.75) is 26.2 Å². The number of aldehydes is 1. The monoisotopic (exact) mass is 275 g/mol. The van der Waals surface area contributed by atoms with Crippen molar-refractivity contribution in [1.29, 1.82) is 0 Å². The minimum atomic E-state index is 0.430. The van der Waals surface area contributed by atoms with Gasteiger partial charge in [0, 0.05) is 10.9 Å². The number of carbonyl (C=O) groups excluding carboxylic acids is 1. The van der Waals surface area contributed by atoms with Crippen LogP contribution in [0.15, 0.2) is 23.6 Å². The Morgan fingerprint density at radius 2 is 2.26 bits per heavy atom. The molecule has 1 heterocycles. The van der Waals surface area contributed by atoms with Gasteiger partial charge in [-0.3, -0.25) is 4.79 Å². The fourth-order valence-electron chi connectivity index (χ4n) is 1.97. The number of hydrogen-bond donors (Lipinski definition) is 0. The second kappa shape index (κ2) is 5.97. The summed E-state index contributed by atoms with van der Waals surface area (Å²) in [6.45, 7) is 4.34. The largest absolute Gasteiger partial charge is 0.496 e. The van der Waals surface area contributed by atoms with Crippen LogP contribution >= 0.6 is 11.3 Å². The lowest BCUT2D eigenvalue weighted by Crippen LogP contribution is -1.97. The summed E-state index contributed by atoms with van der Waals surface area (Å²) in [6, 6.07) is 6.06. The minimum absolute atomic E-state index is 0.430. The highest BCUT2D eigenvalue weighted by atomic mass is 32.1. The molecule has 1 unspecified atom stereocenters. The van der Waals surface area contributed by atoms with Crippen LogP contribution in [-0.4, -0.2) is 18.4 Å². The third-order valence-electron chi connectivity index (χ3n) is 3.29. The van der Waals surface area contributed by atoms with Gasteiger partial charge >= 0.3 is 0 Å². The van der Waals surface area contributed by atoms with Gasteiger partial charge in [0.2, 0.25) is 0 Å². The molecule has 2 rings (SSSR count). The summed E-state index contributed by atoms with van der Waals surface area (Å²) in [6.07, 6.45) is 1.84. The van der Waals surface area contributed by atoms with Gasteiger partial charge in [-0.1, -0.05) is 13.8 Å². The topological polar surface area (TPSA) is 39.2 Å². The van der Waals surface area contributed by atoms with Gasteiger partial charge in [-0.2, -0.15) is 0 Å². The van der Waals surface area contributed by atoms with E-state index in [2.05, 4.69) is 24.9 Å². The van der Waals surface area contributed by atoms with Gasteiger partial charge in [0.1, 0.15) is 5.75 Å². The molecule has 0 spiro atoms. The third-order valence-corrected chi connectivity index (χ3v) is 4.06. The minimum Gasteiger partial charge on any atom is -0.496 e. The molecule has 0 aliphatic heterocycles. The number of hydrogen-bond acceptors (Lipinski definition) is 4. The van der Waals surface area contributed by atoms with E-state index < -0.39 is 0 Å². The zero-order chi connectivity index (χ0) is 13.8. The number of ether oxygens (including phenoxy) is 1. The quantitative estimate of drug-likeness (QED) is 0.770. The van der Waals surface area contributed by atoms with E-state index in [1.807, 2.05) is 17.5 Å². The standard InChI is InChI=1S/C15H17NO2S/c1-4-10(2)12-7-11(5-6-14(12)18-3)13-9-19-15(8-17)16-13/h5-10H,4H2,1-3H3. The van der Waals surface area contributed by atoms with Gasteiger partial charge in [-0.05, 0) is 36.1 Å². The number of rotatable bonds is 5. The molecule has 1 aromatic carbocycles. The summed E-state index contributed by atoms with van der Waals surface area (Å²) in [4.78, 5) is 15.0. The number of methoxy groups -OCH3 is 1. The van der Waals surface area contributed by atoms with E-state index in [0.29, 0.717) is 10.9 Å². The van der Waals surface area contributed by atoms with Crippen molar-refractivity contribution in [1.82, 2.24) is 4.98 Å². The molecular formula is C15H17NO2S. The maximum atomic E-state index is 10.7. The fourth-order valence-corrected chi connectivity index (χ4v) is 2.60. The highest BCUT2D eigenvalue weighted by Gasteiger charge is 2.12. The van der Waals surface area contributed by atoms with Crippen LogP contribution in [0.5, 0.6) is 5.75 Å². The van der Waals surface area contributed by atoms with Crippen molar-refractivity contribution in [2.75, 3.05) is 7.11 Å². The molecule has 100 valence electrons. The summed E-state index contributed by atoms with van der Waals surface area (Å²) in [5, 5.41) is 2.42. The lowest BCUT2D eigenvalue weighted by Gasteiger charge is -2.15. The normalized spacial score (nSPS) is 12.2. The molecule has 2 aromatic rings. The lowest BCUT2D eigenvalue weighted by atomic mass is 9.95. The van der Waals surface area contributed by atoms with E-state index in [1.165, 1.54) is 16.9 Å². The van der Waals surface area contributed by atoms with Crippen LogP contribution in [0.2, 0.25) is 0 Å². The summed E-state index contributed by atoms with van der Waals surface area (Å²) in [7, 11) is 1.69. The Morgan fingerprint density at radius 3 is 2.84 bits per heavy atom. The van der Waals surface area contributed by atoms with Crippen molar-refractivity contribution < 1.29 is 9.53 Å². The highest BCUT2D eigenvalue weighted by Crippen LogP contribution is 2.33. The highest BCUT2D eigenvalue weighted by molar-refractivity contribution is 7.11. The molecule has 0 saturated heterocycles. The Morgan fingerprint density at radius 1 is 1.47 bits per heavy atom. The van der Waals surface area contributed by atoms with Crippen LogP contribution in [0.3, 0.4) is 0 Å². The molecule has 0 N–H and O–H groups in total. The van der Waals surface area contributed by atoms with Crippen LogP contribution in [-0.2, 0) is 0 Å². The maximum Gasteiger partial charge on any atom is 0.178 e. The number of carbonyl (C=O) groups is 1. The van der Waals surface area contributed by atoms with Crippen molar-refractivity contribution in [2.24, 2.45) is 0 Å². The summed E-state index contributed by atoms with van der Waals surface area (Å²) < 4.78 is 5.41. The van der Waals surface area contributed by atoms with Gasteiger partial charge in [-0.15, -0.1) is 11.3 Å². The molecule has 0 fully saturated rings. The number of benzene rings is 1. The molecule has 0 aliphatic carbocycles. The predicted molar refractivity (Wildman–Crippen MR) is 78.2 cm³/mol. The van der Waals surface area contributed by atoms with Crippen LogP contribution in [0.1, 0.15) is 41.6 Å². The van der Waals surface area contributed by atoms with E-state index in [9.17, 15) is 4.79 Å². The van der Waals surface area contributed by atoms with Gasteiger partial charge in [0.05, 0.1) is 12.8 Å². The zero-order valence-corrected chi connectivity index (χ0v) is 12.2. The summed E-state index contributed by atoms with van der Waals surface area (Å²) in [5.41, 5.74) is 3.06. The van der Waals surface area contributed by atoms with Gasteiger partial charge in [0.15, 0.2) is 11.3 Å². The Hall–Kier alpha value is -1.68.